The number of hydrogen-bond donors (Lipinski definition) is 0. The molecule has 1 saturated heterocycles. The average molecular weight is 143 g/mol. The summed E-state index contributed by atoms with van der Waals surface area (Å²) in [6.07, 6.45) is 1.12. The van der Waals surface area contributed by atoms with Gasteiger partial charge in [-0.3, -0.25) is 0 Å². The first-order chi connectivity index (χ1) is 4.66. The zero-order valence-corrected chi connectivity index (χ0v) is 7.18. The summed E-state index contributed by atoms with van der Waals surface area (Å²) < 4.78 is 5.64. The lowest BCUT2D eigenvalue weighted by Gasteiger charge is -2.45. The van der Waals surface area contributed by atoms with Gasteiger partial charge < -0.3 is 9.64 Å². The van der Waals surface area contributed by atoms with Crippen LogP contribution in [-0.2, 0) is 4.74 Å². The van der Waals surface area contributed by atoms with Gasteiger partial charge >= 0.3 is 0 Å². The third-order valence-corrected chi connectivity index (χ3v) is 1.86. The first-order valence-electron chi connectivity index (χ1n) is 3.99. The van der Waals surface area contributed by atoms with E-state index in [1.165, 1.54) is 0 Å². The zero-order valence-electron chi connectivity index (χ0n) is 7.18. The van der Waals surface area contributed by atoms with Gasteiger partial charge in [-0.05, 0) is 20.4 Å². The summed E-state index contributed by atoms with van der Waals surface area (Å²) in [4.78, 5) is 2.27. The van der Waals surface area contributed by atoms with E-state index >= 15 is 0 Å². The van der Waals surface area contributed by atoms with Crippen LogP contribution in [-0.4, -0.2) is 37.2 Å². The molecule has 0 radical (unpaired) electrons. The fourth-order valence-electron chi connectivity index (χ4n) is 1.54. The minimum absolute atomic E-state index is 0.171. The number of ether oxygens (including phenoxy) is 1. The molecule has 0 N–H and O–H groups in total. The molecule has 1 aliphatic heterocycles. The maximum absolute atomic E-state index is 5.64. The van der Waals surface area contributed by atoms with Crippen molar-refractivity contribution in [1.82, 2.24) is 4.90 Å². The van der Waals surface area contributed by atoms with E-state index in [0.29, 0.717) is 0 Å². The van der Waals surface area contributed by atoms with E-state index in [0.717, 1.165) is 26.1 Å². The van der Waals surface area contributed by atoms with E-state index in [-0.39, 0.29) is 5.60 Å². The van der Waals surface area contributed by atoms with Crippen LogP contribution in [0.1, 0.15) is 20.3 Å². The van der Waals surface area contributed by atoms with Crippen LogP contribution in [0.4, 0.5) is 0 Å². The molecule has 0 aromatic carbocycles. The molecular formula is C8H17NO. The number of hydrogen-bond acceptors (Lipinski definition) is 2. The lowest BCUT2D eigenvalue weighted by molar-refractivity contribution is -0.123. The zero-order chi connectivity index (χ0) is 7.61. The van der Waals surface area contributed by atoms with E-state index < -0.39 is 0 Å². The first-order valence-corrected chi connectivity index (χ1v) is 3.99. The first kappa shape index (κ1) is 8.02. The quantitative estimate of drug-likeness (QED) is 0.587. The smallest absolute Gasteiger partial charge is 0.0906 e. The average Bonchev–Trinajstić information content (AvgIpc) is 1.81. The Morgan fingerprint density at radius 2 is 2.10 bits per heavy atom. The SMILES string of the molecule is CCCOC1(C)CN(C)C1. The summed E-state index contributed by atoms with van der Waals surface area (Å²) in [6, 6.07) is 0. The molecule has 2 nitrogen and oxygen atoms in total. The van der Waals surface area contributed by atoms with Crippen LogP contribution in [0.3, 0.4) is 0 Å². The summed E-state index contributed by atoms with van der Waals surface area (Å²) in [5.74, 6) is 0. The molecule has 1 aliphatic rings. The van der Waals surface area contributed by atoms with E-state index in [9.17, 15) is 0 Å². The predicted octanol–water partition coefficient (Wildman–Crippen LogP) is 1.12. The van der Waals surface area contributed by atoms with Gasteiger partial charge in [-0.2, -0.15) is 0 Å². The molecular weight excluding hydrogens is 126 g/mol. The fourth-order valence-corrected chi connectivity index (χ4v) is 1.54. The molecule has 0 atom stereocenters. The number of nitrogens with zero attached hydrogens (tertiary/aromatic N) is 1. The van der Waals surface area contributed by atoms with Crippen molar-refractivity contribution in [1.29, 1.82) is 0 Å². The Balaban J connectivity index is 2.15. The lowest BCUT2D eigenvalue weighted by Crippen LogP contribution is -2.59. The Hall–Kier alpha value is -0.0800. The second-order valence-electron chi connectivity index (χ2n) is 3.47. The van der Waals surface area contributed by atoms with E-state index in [1.807, 2.05) is 0 Å². The molecule has 0 unspecified atom stereocenters. The molecule has 60 valence electrons. The molecule has 0 bridgehead atoms. The Morgan fingerprint density at radius 3 is 2.50 bits per heavy atom. The summed E-state index contributed by atoms with van der Waals surface area (Å²) in [5, 5.41) is 0. The maximum Gasteiger partial charge on any atom is 0.0906 e. The van der Waals surface area contributed by atoms with Crippen molar-refractivity contribution in [2.45, 2.75) is 25.9 Å². The molecule has 0 aromatic rings. The standard InChI is InChI=1S/C8H17NO/c1-4-5-10-8(2)6-9(3)7-8/h4-7H2,1-3H3. The molecule has 0 aliphatic carbocycles. The van der Waals surface area contributed by atoms with E-state index in [4.69, 9.17) is 4.74 Å². The Kier molecular flexibility index (Phi) is 2.32. The normalized spacial score (nSPS) is 24.3. The van der Waals surface area contributed by atoms with Crippen LogP contribution in [0.2, 0.25) is 0 Å². The van der Waals surface area contributed by atoms with E-state index in [2.05, 4.69) is 25.8 Å². The van der Waals surface area contributed by atoms with Crippen molar-refractivity contribution in [2.24, 2.45) is 0 Å². The highest BCUT2D eigenvalue weighted by Crippen LogP contribution is 2.22. The summed E-state index contributed by atoms with van der Waals surface area (Å²) in [5.41, 5.74) is 0.171. The van der Waals surface area contributed by atoms with Gasteiger partial charge in [0.05, 0.1) is 5.60 Å². The molecule has 0 amide bonds. The highest BCUT2D eigenvalue weighted by molar-refractivity contribution is 4.91. The van der Waals surface area contributed by atoms with Crippen molar-refractivity contribution in [3.8, 4) is 0 Å². The number of likely N-dealkylation sites (N-methyl/N-ethyl adjacent to an activating group) is 1. The Bertz CT molecular complexity index is 108. The fraction of sp³-hybridized carbons (Fsp3) is 1.00. The number of likely N-dealkylation sites (tertiary alicyclic amines) is 1. The van der Waals surface area contributed by atoms with Crippen LogP contribution in [0.25, 0.3) is 0 Å². The minimum atomic E-state index is 0.171. The summed E-state index contributed by atoms with van der Waals surface area (Å²) >= 11 is 0. The Morgan fingerprint density at radius 1 is 1.50 bits per heavy atom. The van der Waals surface area contributed by atoms with Crippen LogP contribution < -0.4 is 0 Å². The highest BCUT2D eigenvalue weighted by atomic mass is 16.5. The van der Waals surface area contributed by atoms with Gasteiger partial charge in [0.2, 0.25) is 0 Å². The van der Waals surface area contributed by atoms with Crippen LogP contribution in [0.5, 0.6) is 0 Å². The van der Waals surface area contributed by atoms with Crippen LogP contribution in [0.15, 0.2) is 0 Å². The van der Waals surface area contributed by atoms with Crippen molar-refractivity contribution in [3.05, 3.63) is 0 Å². The van der Waals surface area contributed by atoms with Gasteiger partial charge in [0.15, 0.2) is 0 Å². The predicted molar refractivity (Wildman–Crippen MR) is 42.1 cm³/mol. The third kappa shape index (κ3) is 1.70. The molecule has 10 heavy (non-hydrogen) atoms. The van der Waals surface area contributed by atoms with Gasteiger partial charge in [0.1, 0.15) is 0 Å². The largest absolute Gasteiger partial charge is 0.373 e. The highest BCUT2D eigenvalue weighted by Gasteiger charge is 2.36. The maximum atomic E-state index is 5.64. The van der Waals surface area contributed by atoms with Crippen molar-refractivity contribution >= 4 is 0 Å². The second kappa shape index (κ2) is 2.89. The number of rotatable bonds is 3. The molecule has 0 saturated carbocycles. The lowest BCUT2D eigenvalue weighted by atomic mass is 9.98. The van der Waals surface area contributed by atoms with Crippen molar-refractivity contribution in [2.75, 3.05) is 26.7 Å². The summed E-state index contributed by atoms with van der Waals surface area (Å²) in [7, 11) is 2.12. The van der Waals surface area contributed by atoms with Gasteiger partial charge in [0, 0.05) is 19.7 Å². The summed E-state index contributed by atoms with van der Waals surface area (Å²) in [6.45, 7) is 7.42. The van der Waals surface area contributed by atoms with Gasteiger partial charge in [-0.1, -0.05) is 6.92 Å². The minimum Gasteiger partial charge on any atom is -0.373 e. The second-order valence-corrected chi connectivity index (χ2v) is 3.47. The van der Waals surface area contributed by atoms with Gasteiger partial charge in [-0.25, -0.2) is 0 Å². The molecule has 1 fully saturated rings. The van der Waals surface area contributed by atoms with Gasteiger partial charge in [0.25, 0.3) is 0 Å². The Labute approximate surface area is 63.2 Å². The van der Waals surface area contributed by atoms with Gasteiger partial charge in [-0.15, -0.1) is 0 Å². The van der Waals surface area contributed by atoms with Crippen molar-refractivity contribution < 1.29 is 4.74 Å². The van der Waals surface area contributed by atoms with Crippen LogP contribution in [0, 0.1) is 0 Å². The molecule has 1 heterocycles. The monoisotopic (exact) mass is 143 g/mol. The molecule has 1 rings (SSSR count). The molecule has 0 aromatic heterocycles. The van der Waals surface area contributed by atoms with E-state index in [1.54, 1.807) is 0 Å². The molecule has 2 heteroatoms. The third-order valence-electron chi connectivity index (χ3n) is 1.86. The van der Waals surface area contributed by atoms with Crippen molar-refractivity contribution in [3.63, 3.8) is 0 Å². The molecule has 0 spiro atoms. The topological polar surface area (TPSA) is 12.5 Å². The van der Waals surface area contributed by atoms with Crippen LogP contribution >= 0.6 is 0 Å².